The second-order valence-electron chi connectivity index (χ2n) is 8.02. The van der Waals surface area contributed by atoms with Crippen LogP contribution in [0.1, 0.15) is 35.4 Å². The number of ether oxygens (including phenoxy) is 1. The molecule has 1 aromatic heterocycles. The van der Waals surface area contributed by atoms with E-state index in [0.717, 1.165) is 11.3 Å². The van der Waals surface area contributed by atoms with Crippen molar-refractivity contribution in [1.82, 2.24) is 4.90 Å². The summed E-state index contributed by atoms with van der Waals surface area (Å²) in [5.41, 5.74) is 2.06. The molecule has 2 atom stereocenters. The van der Waals surface area contributed by atoms with Crippen LogP contribution in [-0.2, 0) is 22.6 Å². The molecule has 0 bridgehead atoms. The highest BCUT2D eigenvalue weighted by molar-refractivity contribution is 6.46. The molecule has 0 saturated carbocycles. The number of furan rings is 1. The first-order valence-corrected chi connectivity index (χ1v) is 10.7. The maximum absolute atomic E-state index is 13.1. The Labute approximate surface area is 189 Å². The van der Waals surface area contributed by atoms with Gasteiger partial charge < -0.3 is 19.2 Å². The van der Waals surface area contributed by atoms with Crippen molar-refractivity contribution in [2.24, 2.45) is 0 Å². The van der Waals surface area contributed by atoms with Gasteiger partial charge in [-0.05, 0) is 60.5 Å². The van der Waals surface area contributed by atoms with E-state index in [0.29, 0.717) is 28.3 Å². The Kier molecular flexibility index (Phi) is 5.02. The van der Waals surface area contributed by atoms with Crippen LogP contribution in [0, 0.1) is 0 Å². The molecule has 0 radical (unpaired) electrons. The molecule has 0 unspecified atom stereocenters. The number of nitrogens with zero attached hydrogens (tertiary/aromatic N) is 1. The third-order valence-corrected chi connectivity index (χ3v) is 6.02. The zero-order chi connectivity index (χ0) is 22.4. The number of carbonyl (C=O) groups is 2. The minimum atomic E-state index is -0.803. The van der Waals surface area contributed by atoms with Gasteiger partial charge in [-0.3, -0.25) is 9.59 Å². The van der Waals surface area contributed by atoms with Gasteiger partial charge in [-0.15, -0.1) is 0 Å². The van der Waals surface area contributed by atoms with E-state index >= 15 is 0 Å². The number of carbonyl (C=O) groups excluding carboxylic acids is 2. The molecule has 2 aliphatic heterocycles. The number of Topliss-reactive ketones (excluding diaryl/α,β-unsaturated/α-hetero) is 1. The van der Waals surface area contributed by atoms with Gasteiger partial charge in [0.1, 0.15) is 23.4 Å². The van der Waals surface area contributed by atoms with E-state index in [1.165, 1.54) is 11.2 Å². The zero-order valence-corrected chi connectivity index (χ0v) is 18.0. The van der Waals surface area contributed by atoms with Crippen molar-refractivity contribution in [2.45, 2.75) is 32.0 Å². The molecule has 1 amide bonds. The molecule has 3 aromatic rings. The highest BCUT2D eigenvalue weighted by Gasteiger charge is 2.46. The van der Waals surface area contributed by atoms with E-state index in [2.05, 4.69) is 0 Å². The first kappa shape index (κ1) is 20.4. The maximum atomic E-state index is 13.1. The van der Waals surface area contributed by atoms with E-state index < -0.39 is 17.7 Å². The van der Waals surface area contributed by atoms with Crippen molar-refractivity contribution in [3.63, 3.8) is 0 Å². The Morgan fingerprint density at radius 3 is 2.75 bits per heavy atom. The predicted octanol–water partition coefficient (Wildman–Crippen LogP) is 4.88. The molecule has 0 aliphatic carbocycles. The van der Waals surface area contributed by atoms with Gasteiger partial charge in [0.25, 0.3) is 11.7 Å². The van der Waals surface area contributed by atoms with Crippen molar-refractivity contribution in [1.29, 1.82) is 0 Å². The summed E-state index contributed by atoms with van der Waals surface area (Å²) >= 11 is 6.21. The molecule has 1 fully saturated rings. The average Bonchev–Trinajstić information content (AvgIpc) is 3.47. The van der Waals surface area contributed by atoms with Crippen molar-refractivity contribution in [3.05, 3.63) is 93.9 Å². The molecule has 2 aliphatic rings. The molecule has 7 heteroatoms. The van der Waals surface area contributed by atoms with Crippen LogP contribution < -0.4 is 4.74 Å². The van der Waals surface area contributed by atoms with Gasteiger partial charge in [0.15, 0.2) is 0 Å². The fourth-order valence-electron chi connectivity index (χ4n) is 4.36. The number of hydrogen-bond donors (Lipinski definition) is 1. The lowest BCUT2D eigenvalue weighted by molar-refractivity contribution is -0.140. The third-order valence-electron chi connectivity index (χ3n) is 5.78. The van der Waals surface area contributed by atoms with Crippen LogP contribution in [0.15, 0.2) is 70.9 Å². The number of halogens is 1. The van der Waals surface area contributed by atoms with Gasteiger partial charge in [0.2, 0.25) is 0 Å². The van der Waals surface area contributed by atoms with Crippen molar-refractivity contribution >= 4 is 29.1 Å². The average molecular weight is 450 g/mol. The minimum Gasteiger partial charge on any atom is -0.507 e. The van der Waals surface area contributed by atoms with Crippen LogP contribution in [0.4, 0.5) is 0 Å². The maximum Gasteiger partial charge on any atom is 0.296 e. The number of aliphatic hydroxyl groups excluding tert-OH is 1. The van der Waals surface area contributed by atoms with Crippen LogP contribution >= 0.6 is 11.6 Å². The Morgan fingerprint density at radius 2 is 2.00 bits per heavy atom. The number of hydrogen-bond acceptors (Lipinski definition) is 5. The van der Waals surface area contributed by atoms with Crippen LogP contribution in [0.3, 0.4) is 0 Å². The summed E-state index contributed by atoms with van der Waals surface area (Å²) in [6, 6.07) is 14.9. The highest BCUT2D eigenvalue weighted by atomic mass is 35.5. The smallest absolute Gasteiger partial charge is 0.296 e. The number of amides is 1. The topological polar surface area (TPSA) is 80.0 Å². The van der Waals surface area contributed by atoms with E-state index in [-0.39, 0.29) is 24.0 Å². The molecule has 32 heavy (non-hydrogen) atoms. The van der Waals surface area contributed by atoms with E-state index in [4.69, 9.17) is 20.8 Å². The van der Waals surface area contributed by atoms with Gasteiger partial charge >= 0.3 is 0 Å². The molecule has 3 heterocycles. The fraction of sp³-hybridized carbons (Fsp3) is 0.200. The van der Waals surface area contributed by atoms with Gasteiger partial charge in [-0.1, -0.05) is 23.7 Å². The van der Waals surface area contributed by atoms with Crippen LogP contribution in [-0.4, -0.2) is 27.8 Å². The predicted molar refractivity (Wildman–Crippen MR) is 118 cm³/mol. The quantitative estimate of drug-likeness (QED) is 0.349. The Hall–Kier alpha value is -3.51. The number of ketones is 1. The number of benzene rings is 2. The first-order chi connectivity index (χ1) is 15.4. The summed E-state index contributed by atoms with van der Waals surface area (Å²) in [6.45, 7) is 2.06. The third kappa shape index (κ3) is 3.46. The van der Waals surface area contributed by atoms with Gasteiger partial charge in [-0.25, -0.2) is 0 Å². The summed E-state index contributed by atoms with van der Waals surface area (Å²) in [5, 5.41) is 11.7. The second kappa shape index (κ2) is 7.88. The Balaban J connectivity index is 1.64. The molecular weight excluding hydrogens is 430 g/mol. The van der Waals surface area contributed by atoms with E-state index in [9.17, 15) is 14.7 Å². The molecule has 2 aromatic carbocycles. The fourth-order valence-corrected chi connectivity index (χ4v) is 4.56. The van der Waals surface area contributed by atoms with Crippen molar-refractivity contribution in [2.75, 3.05) is 0 Å². The summed E-state index contributed by atoms with van der Waals surface area (Å²) in [4.78, 5) is 27.5. The SMILES string of the molecule is C[C@@H]1Cc2cc(C(O)=C3C(=O)C(=O)N(Cc4ccco4)[C@@H]3c3cccc(Cl)c3)ccc2O1. The molecule has 1 saturated heterocycles. The number of aliphatic hydroxyl groups is 1. The zero-order valence-electron chi connectivity index (χ0n) is 17.2. The lowest BCUT2D eigenvalue weighted by Crippen LogP contribution is -2.29. The highest BCUT2D eigenvalue weighted by Crippen LogP contribution is 2.41. The van der Waals surface area contributed by atoms with E-state index in [1.54, 1.807) is 48.5 Å². The second-order valence-corrected chi connectivity index (χ2v) is 8.45. The lowest BCUT2D eigenvalue weighted by Gasteiger charge is -2.24. The standard InChI is InChI=1S/C25H20ClNO5/c1-14-10-17-11-16(7-8-20(17)32-14)23(28)21-22(15-4-2-5-18(26)12-15)27(25(30)24(21)29)13-19-6-3-9-31-19/h2-9,11-12,14,22,28H,10,13H2,1H3/t14-,22-/m1/s1. The molecule has 0 spiro atoms. The van der Waals surface area contributed by atoms with Gasteiger partial charge in [-0.2, -0.15) is 0 Å². The molecular formula is C25H20ClNO5. The normalized spacial score (nSPS) is 21.6. The summed E-state index contributed by atoms with van der Waals surface area (Å²) in [5.74, 6) is -0.380. The summed E-state index contributed by atoms with van der Waals surface area (Å²) in [6.07, 6.45) is 2.27. The lowest BCUT2D eigenvalue weighted by atomic mass is 9.94. The van der Waals surface area contributed by atoms with Crippen molar-refractivity contribution in [3.8, 4) is 5.75 Å². The largest absolute Gasteiger partial charge is 0.507 e. The summed E-state index contributed by atoms with van der Waals surface area (Å²) < 4.78 is 11.1. The number of rotatable bonds is 4. The van der Waals surface area contributed by atoms with Crippen LogP contribution in [0.5, 0.6) is 5.75 Å². The molecule has 1 N–H and O–H groups in total. The molecule has 162 valence electrons. The minimum absolute atomic E-state index is 0.0238. The monoisotopic (exact) mass is 449 g/mol. The van der Waals surface area contributed by atoms with E-state index in [1.807, 2.05) is 13.0 Å². The number of fused-ring (bicyclic) bond motifs is 1. The van der Waals surface area contributed by atoms with Gasteiger partial charge in [0.05, 0.1) is 24.4 Å². The molecule has 6 nitrogen and oxygen atoms in total. The van der Waals surface area contributed by atoms with Crippen LogP contribution in [0.25, 0.3) is 5.76 Å². The number of likely N-dealkylation sites (tertiary alicyclic amines) is 1. The van der Waals surface area contributed by atoms with Crippen molar-refractivity contribution < 1.29 is 23.8 Å². The Morgan fingerprint density at radius 1 is 1.16 bits per heavy atom. The molecule has 5 rings (SSSR count). The summed E-state index contributed by atoms with van der Waals surface area (Å²) in [7, 11) is 0. The van der Waals surface area contributed by atoms with Crippen LogP contribution in [0.2, 0.25) is 5.02 Å². The Bertz CT molecular complexity index is 1250. The van der Waals surface area contributed by atoms with Gasteiger partial charge in [0, 0.05) is 17.0 Å². The first-order valence-electron chi connectivity index (χ1n) is 10.3.